The molecule has 0 aliphatic rings. The molecule has 0 spiro atoms. The van der Waals surface area contributed by atoms with Crippen LogP contribution < -0.4 is 5.73 Å². The molecule has 0 saturated carbocycles. The quantitative estimate of drug-likeness (QED) is 0.888. The lowest BCUT2D eigenvalue weighted by molar-refractivity contribution is 0.0426. The second-order valence-corrected chi connectivity index (χ2v) is 6.62. The molecule has 0 fully saturated rings. The molecule has 2 aromatic heterocycles. The standard InChI is InChI=1S/C14H20N2OS2/c1-9-5-7-18-14(9)13(10(2)15)17-6-4-12-11(3)16-8-19-12/h5,7-8,10,13H,4,6,15H2,1-3H3. The van der Waals surface area contributed by atoms with E-state index in [4.69, 9.17) is 10.5 Å². The first kappa shape index (κ1) is 14.7. The van der Waals surface area contributed by atoms with E-state index < -0.39 is 0 Å². The summed E-state index contributed by atoms with van der Waals surface area (Å²) in [6, 6.07) is 2.12. The molecule has 2 N–H and O–H groups in total. The number of hydrogen-bond acceptors (Lipinski definition) is 5. The van der Waals surface area contributed by atoms with E-state index in [1.165, 1.54) is 15.3 Å². The van der Waals surface area contributed by atoms with E-state index >= 15 is 0 Å². The van der Waals surface area contributed by atoms with Crippen molar-refractivity contribution in [2.75, 3.05) is 6.61 Å². The summed E-state index contributed by atoms with van der Waals surface area (Å²) in [5, 5.41) is 2.09. The molecule has 0 aromatic carbocycles. The van der Waals surface area contributed by atoms with Crippen molar-refractivity contribution in [1.82, 2.24) is 4.98 Å². The Hall–Kier alpha value is -0.750. The average molecular weight is 296 g/mol. The summed E-state index contributed by atoms with van der Waals surface area (Å²) in [7, 11) is 0. The molecule has 2 unspecified atom stereocenters. The van der Waals surface area contributed by atoms with E-state index in [-0.39, 0.29) is 12.1 Å². The number of thiazole rings is 1. The third kappa shape index (κ3) is 3.63. The fourth-order valence-electron chi connectivity index (χ4n) is 1.99. The van der Waals surface area contributed by atoms with Gasteiger partial charge < -0.3 is 10.5 Å². The normalized spacial score (nSPS) is 14.5. The largest absolute Gasteiger partial charge is 0.371 e. The second-order valence-electron chi connectivity index (χ2n) is 4.73. The Bertz CT molecular complexity index is 519. The van der Waals surface area contributed by atoms with Crippen LogP contribution in [-0.4, -0.2) is 17.6 Å². The van der Waals surface area contributed by atoms with Crippen LogP contribution in [0.15, 0.2) is 17.0 Å². The number of nitrogens with two attached hydrogens (primary N) is 1. The SMILES string of the molecule is Cc1ccsc1C(OCCc1scnc1C)C(C)N. The Morgan fingerprint density at radius 1 is 1.37 bits per heavy atom. The lowest BCUT2D eigenvalue weighted by atomic mass is 10.1. The number of thiophene rings is 1. The molecule has 0 saturated heterocycles. The molecule has 0 aliphatic carbocycles. The summed E-state index contributed by atoms with van der Waals surface area (Å²) in [6.45, 7) is 6.84. The number of rotatable bonds is 6. The molecule has 104 valence electrons. The van der Waals surface area contributed by atoms with Crippen LogP contribution in [0, 0.1) is 13.8 Å². The Labute approximate surface area is 122 Å². The third-order valence-electron chi connectivity index (χ3n) is 3.11. The lowest BCUT2D eigenvalue weighted by Crippen LogP contribution is -2.27. The van der Waals surface area contributed by atoms with Crippen LogP contribution in [0.4, 0.5) is 0 Å². The van der Waals surface area contributed by atoms with Crippen molar-refractivity contribution in [2.24, 2.45) is 5.73 Å². The maximum Gasteiger partial charge on any atom is 0.107 e. The van der Waals surface area contributed by atoms with Gasteiger partial charge in [0, 0.05) is 22.2 Å². The van der Waals surface area contributed by atoms with Crippen LogP contribution in [0.2, 0.25) is 0 Å². The predicted molar refractivity (Wildman–Crippen MR) is 82.0 cm³/mol. The van der Waals surface area contributed by atoms with Crippen LogP contribution in [0.5, 0.6) is 0 Å². The van der Waals surface area contributed by atoms with E-state index in [1.54, 1.807) is 22.7 Å². The van der Waals surface area contributed by atoms with E-state index in [0.717, 1.165) is 12.1 Å². The van der Waals surface area contributed by atoms with Crippen molar-refractivity contribution < 1.29 is 4.74 Å². The Balaban J connectivity index is 1.95. The van der Waals surface area contributed by atoms with Crippen molar-refractivity contribution in [1.29, 1.82) is 0 Å². The minimum absolute atomic E-state index is 0.0000855. The van der Waals surface area contributed by atoms with Gasteiger partial charge in [-0.15, -0.1) is 22.7 Å². The van der Waals surface area contributed by atoms with Gasteiger partial charge in [-0.05, 0) is 37.8 Å². The molecule has 2 atom stereocenters. The number of aryl methyl sites for hydroxylation is 2. The van der Waals surface area contributed by atoms with Crippen molar-refractivity contribution in [3.05, 3.63) is 38.0 Å². The summed E-state index contributed by atoms with van der Waals surface area (Å²) < 4.78 is 6.02. The van der Waals surface area contributed by atoms with Gasteiger partial charge in [0.05, 0.1) is 17.8 Å². The first-order valence-corrected chi connectivity index (χ1v) is 8.15. The van der Waals surface area contributed by atoms with Gasteiger partial charge in [-0.2, -0.15) is 0 Å². The van der Waals surface area contributed by atoms with Gasteiger partial charge in [-0.1, -0.05) is 0 Å². The Morgan fingerprint density at radius 2 is 2.16 bits per heavy atom. The maximum atomic E-state index is 6.06. The zero-order valence-corrected chi connectivity index (χ0v) is 13.2. The summed E-state index contributed by atoms with van der Waals surface area (Å²) in [5.74, 6) is 0. The Morgan fingerprint density at radius 3 is 2.68 bits per heavy atom. The minimum Gasteiger partial charge on any atom is -0.371 e. The zero-order valence-electron chi connectivity index (χ0n) is 11.6. The first-order chi connectivity index (χ1) is 9.09. The molecule has 2 heterocycles. The number of ether oxygens (including phenoxy) is 1. The molecule has 0 radical (unpaired) electrons. The summed E-state index contributed by atoms with van der Waals surface area (Å²) >= 11 is 3.41. The fraction of sp³-hybridized carbons (Fsp3) is 0.500. The van der Waals surface area contributed by atoms with E-state index in [0.29, 0.717) is 6.61 Å². The maximum absolute atomic E-state index is 6.06. The highest BCUT2D eigenvalue weighted by molar-refractivity contribution is 7.10. The van der Waals surface area contributed by atoms with Crippen LogP contribution in [0.1, 0.15) is 34.0 Å². The molecule has 5 heteroatoms. The molecular formula is C14H20N2OS2. The zero-order chi connectivity index (χ0) is 13.8. The van der Waals surface area contributed by atoms with Crippen LogP contribution >= 0.6 is 22.7 Å². The summed E-state index contributed by atoms with van der Waals surface area (Å²) in [5.41, 5.74) is 10.3. The second kappa shape index (κ2) is 6.61. The summed E-state index contributed by atoms with van der Waals surface area (Å²) in [6.07, 6.45) is 0.901. The minimum atomic E-state index is -0.00627. The lowest BCUT2D eigenvalue weighted by Gasteiger charge is -2.21. The summed E-state index contributed by atoms with van der Waals surface area (Å²) in [4.78, 5) is 6.80. The van der Waals surface area contributed by atoms with Crippen molar-refractivity contribution in [3.63, 3.8) is 0 Å². The topological polar surface area (TPSA) is 48.1 Å². The first-order valence-electron chi connectivity index (χ1n) is 6.39. The number of hydrogen-bond donors (Lipinski definition) is 1. The van der Waals surface area contributed by atoms with Gasteiger partial charge in [0.25, 0.3) is 0 Å². The van der Waals surface area contributed by atoms with Crippen molar-refractivity contribution in [2.45, 2.75) is 39.3 Å². The van der Waals surface area contributed by atoms with Gasteiger partial charge in [-0.3, -0.25) is 0 Å². The average Bonchev–Trinajstić information content (AvgIpc) is 2.94. The van der Waals surface area contributed by atoms with E-state index in [9.17, 15) is 0 Å². The molecular weight excluding hydrogens is 276 g/mol. The molecule has 0 aliphatic heterocycles. The van der Waals surface area contributed by atoms with Crippen LogP contribution in [0.3, 0.4) is 0 Å². The molecule has 0 bridgehead atoms. The fourth-order valence-corrected chi connectivity index (χ4v) is 3.84. The van der Waals surface area contributed by atoms with Crippen molar-refractivity contribution >= 4 is 22.7 Å². The van der Waals surface area contributed by atoms with E-state index in [1.807, 2.05) is 19.4 Å². The van der Waals surface area contributed by atoms with Gasteiger partial charge in [0.15, 0.2) is 0 Å². The third-order valence-corrected chi connectivity index (χ3v) is 5.18. The molecule has 0 amide bonds. The molecule has 2 rings (SSSR count). The van der Waals surface area contributed by atoms with Crippen molar-refractivity contribution in [3.8, 4) is 0 Å². The van der Waals surface area contributed by atoms with Gasteiger partial charge in [0.1, 0.15) is 6.10 Å². The predicted octanol–water partition coefficient (Wildman–Crippen LogP) is 3.47. The van der Waals surface area contributed by atoms with Gasteiger partial charge in [-0.25, -0.2) is 4.98 Å². The highest BCUT2D eigenvalue weighted by Gasteiger charge is 2.20. The van der Waals surface area contributed by atoms with E-state index in [2.05, 4.69) is 23.4 Å². The van der Waals surface area contributed by atoms with Gasteiger partial charge in [0.2, 0.25) is 0 Å². The van der Waals surface area contributed by atoms with Gasteiger partial charge >= 0.3 is 0 Å². The number of nitrogens with zero attached hydrogens (tertiary/aromatic N) is 1. The molecule has 3 nitrogen and oxygen atoms in total. The van der Waals surface area contributed by atoms with Crippen LogP contribution in [-0.2, 0) is 11.2 Å². The molecule has 19 heavy (non-hydrogen) atoms. The molecule has 2 aromatic rings. The Kier molecular flexibility index (Phi) is 5.10. The number of aromatic nitrogens is 1. The monoisotopic (exact) mass is 296 g/mol. The smallest absolute Gasteiger partial charge is 0.107 e. The highest BCUT2D eigenvalue weighted by atomic mass is 32.1. The van der Waals surface area contributed by atoms with Crippen LogP contribution in [0.25, 0.3) is 0 Å². The highest BCUT2D eigenvalue weighted by Crippen LogP contribution is 2.29.